The molecule has 292 valence electrons. The molecule has 0 aliphatic heterocycles. The van der Waals surface area contributed by atoms with Gasteiger partial charge in [0.25, 0.3) is 0 Å². The number of hydrogen-bond donors (Lipinski definition) is 0. The average Bonchev–Trinajstić information content (AvgIpc) is 3.11. The second kappa shape index (κ2) is 49.9. The van der Waals surface area contributed by atoms with Crippen LogP contribution in [0.3, 0.4) is 0 Å². The van der Waals surface area contributed by atoms with E-state index < -0.39 is 0 Å². The van der Waals surface area contributed by atoms with Gasteiger partial charge in [0.2, 0.25) is 0 Å². The van der Waals surface area contributed by atoms with Gasteiger partial charge in [-0.2, -0.15) is 0 Å². The highest BCUT2D eigenvalue weighted by Crippen LogP contribution is 2.11. The molecule has 0 bridgehead atoms. The molecule has 0 aromatic carbocycles. The number of rotatable bonds is 36. The minimum atomic E-state index is -0.0972. The Labute approximate surface area is 324 Å². The van der Waals surface area contributed by atoms with Gasteiger partial charge in [0.15, 0.2) is 12.6 Å². The Balaban J connectivity index is -0.00000237. The van der Waals surface area contributed by atoms with E-state index >= 15 is 0 Å². The molecule has 0 aliphatic rings. The van der Waals surface area contributed by atoms with Crippen molar-refractivity contribution in [1.82, 2.24) is 0 Å². The molecule has 0 atom stereocenters. The van der Waals surface area contributed by atoms with Gasteiger partial charge in [0.1, 0.15) is 0 Å². The van der Waals surface area contributed by atoms with Gasteiger partial charge in [-0.1, -0.05) is 179 Å². The molecule has 0 spiro atoms. The third-order valence-electron chi connectivity index (χ3n) is 8.08. The van der Waals surface area contributed by atoms with Crippen molar-refractivity contribution in [2.45, 2.75) is 188 Å². The van der Waals surface area contributed by atoms with E-state index in [2.05, 4.69) is 94.3 Å². The van der Waals surface area contributed by atoms with Crippen LogP contribution >= 0.6 is 31.9 Å². The maximum Gasteiger partial charge on any atom is 0.167 e. The maximum atomic E-state index is 5.94. The zero-order valence-corrected chi connectivity index (χ0v) is 35.1. The molecule has 6 heteroatoms. The molecule has 0 aliphatic carbocycles. The van der Waals surface area contributed by atoms with Crippen molar-refractivity contribution in [2.75, 3.05) is 38.1 Å². The molecule has 0 amide bonds. The van der Waals surface area contributed by atoms with Crippen LogP contribution in [0.25, 0.3) is 0 Å². The summed E-state index contributed by atoms with van der Waals surface area (Å²) in [6.45, 7) is 6.15. The van der Waals surface area contributed by atoms with E-state index in [0.717, 1.165) is 49.6 Å². The topological polar surface area (TPSA) is 36.9 Å². The quantitative estimate of drug-likeness (QED) is 0.0273. The molecule has 0 rings (SSSR count). The van der Waals surface area contributed by atoms with Crippen molar-refractivity contribution >= 4 is 31.9 Å². The van der Waals surface area contributed by atoms with Crippen molar-refractivity contribution in [3.63, 3.8) is 0 Å². The van der Waals surface area contributed by atoms with E-state index in [-0.39, 0.29) is 20.0 Å². The first-order chi connectivity index (χ1) is 23.7. The first kappa shape index (κ1) is 53.1. The summed E-state index contributed by atoms with van der Waals surface area (Å²) >= 11 is 6.73. The van der Waals surface area contributed by atoms with E-state index in [9.17, 15) is 0 Å². The number of methoxy groups -OCH3 is 2. The number of hydrogen-bond acceptors (Lipinski definition) is 4. The minimum Gasteiger partial charge on any atom is -0.355 e. The molecule has 49 heavy (non-hydrogen) atoms. The molecule has 0 saturated heterocycles. The summed E-state index contributed by atoms with van der Waals surface area (Å²) in [6, 6.07) is 0. The lowest BCUT2D eigenvalue weighted by atomic mass is 10.1. The van der Waals surface area contributed by atoms with Crippen LogP contribution in [0.5, 0.6) is 0 Å². The van der Waals surface area contributed by atoms with Crippen molar-refractivity contribution in [3.8, 4) is 0 Å². The number of alkyl halides is 2. The second-order valence-electron chi connectivity index (χ2n) is 12.5. The van der Waals surface area contributed by atoms with E-state index in [1.807, 2.05) is 0 Å². The van der Waals surface area contributed by atoms with Crippen LogP contribution in [-0.4, -0.2) is 50.7 Å². The highest BCUT2D eigenvalue weighted by atomic mass is 79.9. The van der Waals surface area contributed by atoms with Gasteiger partial charge in [-0.05, 0) is 77.0 Å². The Morgan fingerprint density at radius 2 is 0.714 bits per heavy atom. The van der Waals surface area contributed by atoms with Crippen molar-refractivity contribution in [1.29, 1.82) is 0 Å². The van der Waals surface area contributed by atoms with Crippen molar-refractivity contribution < 1.29 is 18.9 Å². The normalized spacial score (nSPS) is 11.9. The van der Waals surface area contributed by atoms with E-state index in [0.29, 0.717) is 0 Å². The van der Waals surface area contributed by atoms with Gasteiger partial charge in [-0.15, -0.1) is 0 Å². The van der Waals surface area contributed by atoms with Crippen LogP contribution in [0.2, 0.25) is 0 Å². The second-order valence-corrected chi connectivity index (χ2v) is 13.8. The molecule has 0 aromatic rings. The molecule has 0 N–H and O–H groups in total. The van der Waals surface area contributed by atoms with Gasteiger partial charge in [-0.3, -0.25) is 0 Å². The fraction of sp³-hybridized carbons (Fsp3) is 0.814. The van der Waals surface area contributed by atoms with Crippen LogP contribution in [0, 0.1) is 0 Å². The number of ether oxygens (including phenoxy) is 4. The molecule has 0 heterocycles. The van der Waals surface area contributed by atoms with Gasteiger partial charge in [0, 0.05) is 27.4 Å². The first-order valence-electron chi connectivity index (χ1n) is 19.7. The summed E-state index contributed by atoms with van der Waals surface area (Å²) in [4.78, 5) is 0. The van der Waals surface area contributed by atoms with Crippen molar-refractivity contribution in [3.05, 3.63) is 48.6 Å². The Hall–Kier alpha value is -0.240. The largest absolute Gasteiger partial charge is 0.355 e. The Morgan fingerprint density at radius 3 is 1.00 bits per heavy atom. The fourth-order valence-corrected chi connectivity index (χ4v) is 5.87. The first-order valence-corrected chi connectivity index (χ1v) is 21.9. The highest BCUT2D eigenvalue weighted by Gasteiger charge is 2.07. The zero-order valence-electron chi connectivity index (χ0n) is 32.0. The molecule has 4 nitrogen and oxygen atoms in total. The SMILES string of the molecule is C.CCCCC/C=C\C/C=C\CCCCCCCCOC(CBr)OCCCCCCCC/C=C\C/C=C\CCCCC.COC(CBr)OC. The summed E-state index contributed by atoms with van der Waals surface area (Å²) in [5.41, 5.74) is 0. The van der Waals surface area contributed by atoms with Gasteiger partial charge in [0.05, 0.1) is 10.7 Å². The van der Waals surface area contributed by atoms with Crippen LogP contribution in [0.1, 0.15) is 175 Å². The van der Waals surface area contributed by atoms with E-state index in [1.165, 1.54) is 128 Å². The van der Waals surface area contributed by atoms with E-state index in [1.54, 1.807) is 14.2 Å². The van der Waals surface area contributed by atoms with E-state index in [4.69, 9.17) is 18.9 Å². The highest BCUT2D eigenvalue weighted by molar-refractivity contribution is 9.09. The standard InChI is InChI=1S/C38H69BrO2.C4H9BrO2.CH4/c1-3-5-7-9-11-13-15-17-19-21-23-25-27-29-31-33-35-40-38(37-39)41-36-34-32-30-28-26-24-22-20-18-16-14-12-10-8-6-4-2;1-6-4(3-5)7-2;/h11-14,17-20,38H,3-10,15-16,21-37H2,1-2H3;4H,3H2,1-2H3;1H4/b13-11-,14-12-,19-17-,20-18-;;. The number of allylic oxidation sites excluding steroid dienone is 8. The smallest absolute Gasteiger partial charge is 0.167 e. The summed E-state index contributed by atoms with van der Waals surface area (Å²) in [5.74, 6) is 0. The predicted molar refractivity (Wildman–Crippen MR) is 227 cm³/mol. The van der Waals surface area contributed by atoms with Crippen LogP contribution < -0.4 is 0 Å². The number of unbranched alkanes of at least 4 members (excludes halogenated alkanes) is 18. The summed E-state index contributed by atoms with van der Waals surface area (Å²) in [5, 5.41) is 1.48. The van der Waals surface area contributed by atoms with Crippen LogP contribution in [0.15, 0.2) is 48.6 Å². The summed E-state index contributed by atoms with van der Waals surface area (Å²) in [7, 11) is 3.21. The molecular formula is C43H82Br2O4. The Bertz CT molecular complexity index is 636. The van der Waals surface area contributed by atoms with Gasteiger partial charge < -0.3 is 18.9 Å². The third kappa shape index (κ3) is 47.8. The predicted octanol–water partition coefficient (Wildman–Crippen LogP) is 15.0. The molecule has 0 saturated carbocycles. The van der Waals surface area contributed by atoms with Gasteiger partial charge >= 0.3 is 0 Å². The third-order valence-corrected chi connectivity index (χ3v) is 9.13. The van der Waals surface area contributed by atoms with Crippen LogP contribution in [-0.2, 0) is 18.9 Å². The maximum absolute atomic E-state index is 5.94. The Morgan fingerprint density at radius 1 is 0.408 bits per heavy atom. The Kier molecular flexibility index (Phi) is 54.1. The van der Waals surface area contributed by atoms with Crippen molar-refractivity contribution in [2.24, 2.45) is 0 Å². The summed E-state index contributed by atoms with van der Waals surface area (Å²) in [6.07, 6.45) is 49.1. The summed E-state index contributed by atoms with van der Waals surface area (Å²) < 4.78 is 21.4. The molecule has 0 fully saturated rings. The molecular weight excluding hydrogens is 740 g/mol. The van der Waals surface area contributed by atoms with Gasteiger partial charge in [-0.25, -0.2) is 0 Å². The number of halogens is 2. The fourth-order valence-electron chi connectivity index (χ4n) is 4.97. The monoisotopic (exact) mass is 820 g/mol. The molecule has 0 radical (unpaired) electrons. The molecule has 0 aromatic heterocycles. The molecule has 0 unspecified atom stereocenters. The lowest BCUT2D eigenvalue weighted by Crippen LogP contribution is -2.20. The lowest BCUT2D eigenvalue weighted by molar-refractivity contribution is -0.127. The zero-order chi connectivity index (χ0) is 35.4. The van der Waals surface area contributed by atoms with Crippen LogP contribution in [0.4, 0.5) is 0 Å². The average molecular weight is 823 g/mol. The minimum absolute atomic E-state index is 0. The lowest BCUT2D eigenvalue weighted by Gasteiger charge is -2.16.